The van der Waals surface area contributed by atoms with Crippen LogP contribution in [0.5, 0.6) is 0 Å². The molecule has 1 aliphatic heterocycles. The molecule has 0 atom stereocenters. The zero-order valence-electron chi connectivity index (χ0n) is 7.54. The minimum atomic E-state index is -0.702. The number of carbonyl (C=O) groups excluding carboxylic acids is 1. The molecule has 0 saturated carbocycles. The highest BCUT2D eigenvalue weighted by atomic mass is 16.6. The van der Waals surface area contributed by atoms with Gasteiger partial charge in [0.25, 0.3) is 0 Å². The van der Waals surface area contributed by atoms with Gasteiger partial charge in [-0.15, -0.1) is 6.42 Å². The maximum Gasteiger partial charge on any atom is 0.332 e. The predicted octanol–water partition coefficient (Wildman–Crippen LogP) is -0.0317. The largest absolute Gasteiger partial charge is 0.464 e. The highest BCUT2D eigenvalue weighted by molar-refractivity contribution is 5.70. The van der Waals surface area contributed by atoms with Crippen molar-refractivity contribution in [3.63, 3.8) is 0 Å². The Labute approximate surface area is 77.2 Å². The molecule has 1 saturated heterocycles. The van der Waals surface area contributed by atoms with Crippen LogP contribution in [-0.4, -0.2) is 38.0 Å². The van der Waals surface area contributed by atoms with E-state index in [1.54, 1.807) is 6.92 Å². The maximum atomic E-state index is 10.9. The van der Waals surface area contributed by atoms with E-state index >= 15 is 0 Å². The summed E-state index contributed by atoms with van der Waals surface area (Å²) in [6.07, 6.45) is 5.22. The minimum Gasteiger partial charge on any atom is -0.464 e. The summed E-state index contributed by atoms with van der Waals surface area (Å²) in [6, 6.07) is 0. The third kappa shape index (κ3) is 2.44. The highest BCUT2D eigenvalue weighted by Crippen LogP contribution is 2.20. The first-order valence-electron chi connectivity index (χ1n) is 4.07. The van der Waals surface area contributed by atoms with Gasteiger partial charge in [-0.3, -0.25) is 0 Å². The molecule has 1 heterocycles. The molecule has 0 amide bonds. The fourth-order valence-electron chi connectivity index (χ4n) is 0.896. The van der Waals surface area contributed by atoms with E-state index in [2.05, 4.69) is 10.7 Å². The van der Waals surface area contributed by atoms with Gasteiger partial charge < -0.3 is 14.2 Å². The molecule has 1 rings (SSSR count). The average molecular weight is 184 g/mol. The maximum absolute atomic E-state index is 10.9. The Hall–Kier alpha value is -1.05. The zero-order chi connectivity index (χ0) is 9.73. The minimum absolute atomic E-state index is 0.110. The molecule has 0 aromatic rings. The molecule has 0 aliphatic carbocycles. The molecule has 0 bridgehead atoms. The van der Waals surface area contributed by atoms with Gasteiger partial charge >= 0.3 is 5.97 Å². The van der Waals surface area contributed by atoms with E-state index in [-0.39, 0.29) is 6.61 Å². The van der Waals surface area contributed by atoms with Crippen molar-refractivity contribution in [1.29, 1.82) is 0 Å². The normalized spacial score (nSPS) is 18.5. The Morgan fingerprint density at radius 1 is 1.69 bits per heavy atom. The Balaban J connectivity index is 2.25. The van der Waals surface area contributed by atoms with Crippen LogP contribution in [0.15, 0.2) is 0 Å². The lowest BCUT2D eigenvalue weighted by Gasteiger charge is -2.35. The van der Waals surface area contributed by atoms with E-state index in [9.17, 15) is 4.79 Å². The summed E-state index contributed by atoms with van der Waals surface area (Å²) >= 11 is 0. The lowest BCUT2D eigenvalue weighted by atomic mass is 10.0. The number of hydrogen-bond acceptors (Lipinski definition) is 4. The Bertz CT molecular complexity index is 224. The number of hydrogen-bond donors (Lipinski definition) is 0. The summed E-state index contributed by atoms with van der Waals surface area (Å²) in [7, 11) is 0. The van der Waals surface area contributed by atoms with Crippen LogP contribution >= 0.6 is 0 Å². The first kappa shape index (κ1) is 10.0. The smallest absolute Gasteiger partial charge is 0.332 e. The number of carbonyl (C=O) groups is 1. The summed E-state index contributed by atoms with van der Waals surface area (Å²) in [6.45, 7) is 2.68. The third-order valence-electron chi connectivity index (χ3n) is 1.71. The second kappa shape index (κ2) is 4.26. The molecular formula is C9H12O4. The lowest BCUT2D eigenvalue weighted by molar-refractivity contribution is -0.188. The SMILES string of the molecule is C#CC1(OCC(=O)OCC)COC1. The van der Waals surface area contributed by atoms with Gasteiger partial charge in [0.15, 0.2) is 5.60 Å². The molecule has 1 fully saturated rings. The second-order valence-electron chi connectivity index (χ2n) is 2.73. The van der Waals surface area contributed by atoms with E-state index in [0.717, 1.165) is 0 Å². The molecule has 0 N–H and O–H groups in total. The molecule has 72 valence electrons. The average Bonchev–Trinajstić information content (AvgIpc) is 2.04. The van der Waals surface area contributed by atoms with Crippen LogP contribution < -0.4 is 0 Å². The topological polar surface area (TPSA) is 44.8 Å². The van der Waals surface area contributed by atoms with Gasteiger partial charge in [-0.05, 0) is 6.92 Å². The van der Waals surface area contributed by atoms with Crippen molar-refractivity contribution < 1.29 is 19.0 Å². The van der Waals surface area contributed by atoms with Crippen molar-refractivity contribution in [3.05, 3.63) is 0 Å². The molecule has 0 aromatic carbocycles. The standard InChI is InChI=1S/C9H12O4/c1-3-9(6-11-7-9)13-5-8(10)12-4-2/h1H,4-7H2,2H3. The van der Waals surface area contributed by atoms with Gasteiger partial charge in [-0.1, -0.05) is 5.92 Å². The van der Waals surface area contributed by atoms with Crippen LogP contribution in [0.2, 0.25) is 0 Å². The lowest BCUT2D eigenvalue weighted by Crippen LogP contribution is -2.51. The van der Waals surface area contributed by atoms with Gasteiger partial charge in [-0.25, -0.2) is 4.79 Å². The van der Waals surface area contributed by atoms with E-state index in [1.807, 2.05) is 0 Å². The third-order valence-corrected chi connectivity index (χ3v) is 1.71. The number of terminal acetylenes is 1. The molecular weight excluding hydrogens is 172 g/mol. The molecule has 0 radical (unpaired) electrons. The van der Waals surface area contributed by atoms with Gasteiger partial charge in [0.1, 0.15) is 6.61 Å². The van der Waals surface area contributed by atoms with Crippen molar-refractivity contribution in [2.24, 2.45) is 0 Å². The Morgan fingerprint density at radius 3 is 2.77 bits per heavy atom. The fraction of sp³-hybridized carbons (Fsp3) is 0.667. The van der Waals surface area contributed by atoms with E-state index in [0.29, 0.717) is 19.8 Å². The van der Waals surface area contributed by atoms with Crippen LogP contribution in [-0.2, 0) is 19.0 Å². The van der Waals surface area contributed by atoms with Crippen LogP contribution in [0.1, 0.15) is 6.92 Å². The van der Waals surface area contributed by atoms with Gasteiger partial charge in [0.2, 0.25) is 0 Å². The van der Waals surface area contributed by atoms with Crippen molar-refractivity contribution in [2.75, 3.05) is 26.4 Å². The van der Waals surface area contributed by atoms with Gasteiger partial charge in [0.05, 0.1) is 19.8 Å². The number of esters is 1. The van der Waals surface area contributed by atoms with Crippen LogP contribution in [0, 0.1) is 12.3 Å². The molecule has 4 nitrogen and oxygen atoms in total. The van der Waals surface area contributed by atoms with E-state index in [4.69, 9.17) is 15.9 Å². The van der Waals surface area contributed by atoms with Crippen LogP contribution in [0.3, 0.4) is 0 Å². The van der Waals surface area contributed by atoms with E-state index < -0.39 is 11.6 Å². The first-order valence-corrected chi connectivity index (χ1v) is 4.07. The first-order chi connectivity index (χ1) is 6.22. The van der Waals surface area contributed by atoms with Crippen molar-refractivity contribution in [3.8, 4) is 12.3 Å². The van der Waals surface area contributed by atoms with E-state index in [1.165, 1.54) is 0 Å². The van der Waals surface area contributed by atoms with Crippen molar-refractivity contribution in [2.45, 2.75) is 12.5 Å². The van der Waals surface area contributed by atoms with Gasteiger partial charge in [0, 0.05) is 0 Å². The molecule has 4 heteroatoms. The molecule has 0 aromatic heterocycles. The quantitative estimate of drug-likeness (QED) is 0.454. The Kier molecular flexibility index (Phi) is 3.29. The summed E-state index contributed by atoms with van der Waals surface area (Å²) in [5.74, 6) is 2.06. The predicted molar refractivity (Wildman–Crippen MR) is 45.0 cm³/mol. The summed E-state index contributed by atoms with van der Waals surface area (Å²) < 4.78 is 14.8. The van der Waals surface area contributed by atoms with Crippen molar-refractivity contribution >= 4 is 5.97 Å². The van der Waals surface area contributed by atoms with Crippen LogP contribution in [0.25, 0.3) is 0 Å². The summed E-state index contributed by atoms with van der Waals surface area (Å²) in [5, 5.41) is 0. The monoisotopic (exact) mass is 184 g/mol. The summed E-state index contributed by atoms with van der Waals surface area (Å²) in [5.41, 5.74) is -0.702. The fourth-order valence-corrected chi connectivity index (χ4v) is 0.896. The number of ether oxygens (including phenoxy) is 3. The van der Waals surface area contributed by atoms with Crippen molar-refractivity contribution in [1.82, 2.24) is 0 Å². The molecule has 13 heavy (non-hydrogen) atoms. The summed E-state index contributed by atoms with van der Waals surface area (Å²) in [4.78, 5) is 10.9. The highest BCUT2D eigenvalue weighted by Gasteiger charge is 2.38. The Morgan fingerprint density at radius 2 is 2.38 bits per heavy atom. The van der Waals surface area contributed by atoms with Crippen LogP contribution in [0.4, 0.5) is 0 Å². The molecule has 0 unspecified atom stereocenters. The number of rotatable bonds is 4. The molecule has 1 aliphatic rings. The van der Waals surface area contributed by atoms with Gasteiger partial charge in [-0.2, -0.15) is 0 Å². The second-order valence-corrected chi connectivity index (χ2v) is 2.73. The molecule has 0 spiro atoms. The zero-order valence-corrected chi connectivity index (χ0v) is 7.54.